The van der Waals surface area contributed by atoms with Crippen molar-refractivity contribution in [2.45, 2.75) is 45.6 Å². The Hall–Kier alpha value is -0.730. The van der Waals surface area contributed by atoms with Crippen molar-refractivity contribution in [1.82, 2.24) is 4.90 Å². The van der Waals surface area contributed by atoms with Gasteiger partial charge in [0.15, 0.2) is 0 Å². The van der Waals surface area contributed by atoms with Gasteiger partial charge in [-0.2, -0.15) is 0 Å². The molecule has 13 heavy (non-hydrogen) atoms. The monoisotopic (exact) mass is 184 g/mol. The smallest absolute Gasteiger partial charge is 0.315 e. The zero-order valence-corrected chi connectivity index (χ0v) is 8.62. The first-order valence-electron chi connectivity index (χ1n) is 5.21. The van der Waals surface area contributed by atoms with Gasteiger partial charge in [-0.25, -0.2) is 4.79 Å². The van der Waals surface area contributed by atoms with Gasteiger partial charge in [0.2, 0.25) is 0 Å². The standard InChI is InChI=1S/C10H20N2O/c1-3-4-9-7-8(2)5-6-12(9)10(11)13/h8-9H,3-7H2,1-2H3,(H2,11,13). The number of hydrogen-bond acceptors (Lipinski definition) is 1. The van der Waals surface area contributed by atoms with E-state index in [1.54, 1.807) is 0 Å². The number of nitrogens with zero attached hydrogens (tertiary/aromatic N) is 1. The highest BCUT2D eigenvalue weighted by Crippen LogP contribution is 2.24. The van der Waals surface area contributed by atoms with E-state index in [0.29, 0.717) is 6.04 Å². The highest BCUT2D eigenvalue weighted by atomic mass is 16.2. The van der Waals surface area contributed by atoms with E-state index >= 15 is 0 Å². The first-order valence-corrected chi connectivity index (χ1v) is 5.21. The van der Waals surface area contributed by atoms with E-state index in [9.17, 15) is 4.79 Å². The summed E-state index contributed by atoms with van der Waals surface area (Å²) in [6, 6.07) is 0.150. The van der Waals surface area contributed by atoms with Crippen molar-refractivity contribution in [3.05, 3.63) is 0 Å². The van der Waals surface area contributed by atoms with E-state index in [-0.39, 0.29) is 6.03 Å². The van der Waals surface area contributed by atoms with Crippen LogP contribution in [0.25, 0.3) is 0 Å². The zero-order chi connectivity index (χ0) is 9.84. The maximum atomic E-state index is 11.1. The van der Waals surface area contributed by atoms with Crippen LogP contribution in [-0.2, 0) is 0 Å². The Morgan fingerprint density at radius 1 is 1.62 bits per heavy atom. The van der Waals surface area contributed by atoms with Crippen LogP contribution in [0.2, 0.25) is 0 Å². The number of amides is 2. The molecule has 1 aliphatic heterocycles. The zero-order valence-electron chi connectivity index (χ0n) is 8.62. The Balaban J connectivity index is 2.55. The molecule has 2 unspecified atom stereocenters. The summed E-state index contributed by atoms with van der Waals surface area (Å²) >= 11 is 0. The van der Waals surface area contributed by atoms with Crippen molar-refractivity contribution < 1.29 is 4.79 Å². The first kappa shape index (κ1) is 10.4. The first-order chi connectivity index (χ1) is 6.15. The van der Waals surface area contributed by atoms with Gasteiger partial charge >= 0.3 is 6.03 Å². The molecule has 76 valence electrons. The van der Waals surface area contributed by atoms with Crippen LogP contribution in [0.3, 0.4) is 0 Å². The van der Waals surface area contributed by atoms with Gasteiger partial charge in [0.1, 0.15) is 0 Å². The minimum absolute atomic E-state index is 0.245. The lowest BCUT2D eigenvalue weighted by Crippen LogP contribution is -2.48. The summed E-state index contributed by atoms with van der Waals surface area (Å²) in [6.45, 7) is 5.25. The number of urea groups is 1. The second-order valence-corrected chi connectivity index (χ2v) is 4.10. The Labute approximate surface area is 80.3 Å². The molecule has 3 heteroatoms. The fraction of sp³-hybridized carbons (Fsp3) is 0.900. The van der Waals surface area contributed by atoms with Crippen LogP contribution in [0.4, 0.5) is 4.79 Å². The molecule has 0 aromatic rings. The van der Waals surface area contributed by atoms with Crippen molar-refractivity contribution in [2.24, 2.45) is 11.7 Å². The van der Waals surface area contributed by atoms with Crippen molar-refractivity contribution in [3.8, 4) is 0 Å². The molecule has 3 nitrogen and oxygen atoms in total. The van der Waals surface area contributed by atoms with Crippen LogP contribution >= 0.6 is 0 Å². The van der Waals surface area contributed by atoms with Crippen molar-refractivity contribution in [2.75, 3.05) is 6.54 Å². The topological polar surface area (TPSA) is 46.3 Å². The third kappa shape index (κ3) is 2.61. The summed E-state index contributed by atoms with van der Waals surface area (Å²) < 4.78 is 0. The number of primary amides is 1. The minimum Gasteiger partial charge on any atom is -0.351 e. The van der Waals surface area contributed by atoms with E-state index in [1.165, 1.54) is 0 Å². The second-order valence-electron chi connectivity index (χ2n) is 4.10. The SMILES string of the molecule is CCCC1CC(C)CCN1C(N)=O. The molecular formula is C10H20N2O. The maximum Gasteiger partial charge on any atom is 0.315 e. The summed E-state index contributed by atoms with van der Waals surface area (Å²) in [5.74, 6) is 0.743. The number of hydrogen-bond donors (Lipinski definition) is 1. The van der Waals surface area contributed by atoms with Gasteiger partial charge in [0, 0.05) is 12.6 Å². The number of carbonyl (C=O) groups excluding carboxylic acids is 1. The fourth-order valence-electron chi connectivity index (χ4n) is 2.15. The lowest BCUT2D eigenvalue weighted by molar-refractivity contribution is 0.133. The number of likely N-dealkylation sites (tertiary alicyclic amines) is 1. The average Bonchev–Trinajstić information content (AvgIpc) is 2.04. The normalized spacial score (nSPS) is 28.9. The molecule has 2 amide bonds. The van der Waals surface area contributed by atoms with E-state index < -0.39 is 0 Å². The third-order valence-corrected chi connectivity index (χ3v) is 2.88. The van der Waals surface area contributed by atoms with Gasteiger partial charge in [-0.1, -0.05) is 20.3 Å². The van der Waals surface area contributed by atoms with Gasteiger partial charge in [0.25, 0.3) is 0 Å². The maximum absolute atomic E-state index is 11.1. The van der Waals surface area contributed by atoms with Crippen LogP contribution in [0.1, 0.15) is 39.5 Å². The Bertz CT molecular complexity index is 182. The number of rotatable bonds is 2. The van der Waals surface area contributed by atoms with Gasteiger partial charge in [-0.05, 0) is 25.2 Å². The molecule has 1 saturated heterocycles. The molecule has 0 saturated carbocycles. The molecule has 0 aromatic heterocycles. The van der Waals surface area contributed by atoms with Crippen LogP contribution < -0.4 is 5.73 Å². The largest absolute Gasteiger partial charge is 0.351 e. The summed E-state index contributed by atoms with van der Waals surface area (Å²) in [5, 5.41) is 0. The summed E-state index contributed by atoms with van der Waals surface area (Å²) in [6.07, 6.45) is 4.44. The van der Waals surface area contributed by atoms with Crippen LogP contribution in [0.5, 0.6) is 0 Å². The minimum atomic E-state index is -0.245. The molecule has 1 fully saturated rings. The van der Waals surface area contributed by atoms with E-state index in [4.69, 9.17) is 5.73 Å². The molecule has 1 aliphatic rings. The average molecular weight is 184 g/mol. The van der Waals surface area contributed by atoms with Crippen LogP contribution in [-0.4, -0.2) is 23.5 Å². The molecule has 0 radical (unpaired) electrons. The number of nitrogens with two attached hydrogens (primary N) is 1. The second kappa shape index (κ2) is 4.49. The van der Waals surface area contributed by atoms with E-state index in [2.05, 4.69) is 13.8 Å². The molecule has 2 N–H and O–H groups in total. The molecule has 0 aliphatic carbocycles. The lowest BCUT2D eigenvalue weighted by Gasteiger charge is -2.37. The van der Waals surface area contributed by atoms with Gasteiger partial charge in [-0.15, -0.1) is 0 Å². The Kier molecular flexibility index (Phi) is 3.58. The van der Waals surface area contributed by atoms with Crippen LogP contribution in [0, 0.1) is 5.92 Å². The van der Waals surface area contributed by atoms with Gasteiger partial charge < -0.3 is 10.6 Å². The van der Waals surface area contributed by atoms with E-state index in [1.807, 2.05) is 4.90 Å². The van der Waals surface area contributed by atoms with Gasteiger partial charge in [0.05, 0.1) is 0 Å². The fourth-order valence-corrected chi connectivity index (χ4v) is 2.15. The molecular weight excluding hydrogens is 164 g/mol. The van der Waals surface area contributed by atoms with Crippen molar-refractivity contribution in [3.63, 3.8) is 0 Å². The Morgan fingerprint density at radius 3 is 2.85 bits per heavy atom. The Morgan fingerprint density at radius 2 is 2.31 bits per heavy atom. The molecule has 1 rings (SSSR count). The highest BCUT2D eigenvalue weighted by molar-refractivity contribution is 5.72. The van der Waals surface area contributed by atoms with E-state index in [0.717, 1.165) is 38.1 Å². The van der Waals surface area contributed by atoms with Crippen LogP contribution in [0.15, 0.2) is 0 Å². The third-order valence-electron chi connectivity index (χ3n) is 2.88. The quantitative estimate of drug-likeness (QED) is 0.700. The summed E-state index contributed by atoms with van der Waals surface area (Å²) in [7, 11) is 0. The van der Waals surface area contributed by atoms with Gasteiger partial charge in [-0.3, -0.25) is 0 Å². The lowest BCUT2D eigenvalue weighted by atomic mass is 9.90. The molecule has 2 atom stereocenters. The highest BCUT2D eigenvalue weighted by Gasteiger charge is 2.27. The summed E-state index contributed by atoms with van der Waals surface area (Å²) in [4.78, 5) is 12.9. The molecule has 0 spiro atoms. The molecule has 0 aromatic carbocycles. The summed E-state index contributed by atoms with van der Waals surface area (Å²) in [5.41, 5.74) is 5.32. The molecule has 0 bridgehead atoms. The van der Waals surface area contributed by atoms with Crippen molar-refractivity contribution in [1.29, 1.82) is 0 Å². The predicted octanol–water partition coefficient (Wildman–Crippen LogP) is 1.97. The number of carbonyl (C=O) groups is 1. The predicted molar refractivity (Wildman–Crippen MR) is 53.4 cm³/mol. The number of piperidine rings is 1. The van der Waals surface area contributed by atoms with Crippen molar-refractivity contribution >= 4 is 6.03 Å². The molecule has 1 heterocycles.